The number of rotatable bonds is 5. The van der Waals surface area contributed by atoms with E-state index in [1.165, 1.54) is 13.4 Å². The highest BCUT2D eigenvalue weighted by Crippen LogP contribution is 2.61. The smallest absolute Gasteiger partial charge is 0.475 e. The number of phosphoric ester groups is 1. The van der Waals surface area contributed by atoms with E-state index in [4.69, 9.17) is 28.8 Å². The molecular formula is C17H23N8O6P. The lowest BCUT2D eigenvalue weighted by Gasteiger charge is -2.36. The van der Waals surface area contributed by atoms with Gasteiger partial charge in [0.05, 0.1) is 26.1 Å². The van der Waals surface area contributed by atoms with Gasteiger partial charge in [0.25, 0.3) is 0 Å². The highest BCUT2D eigenvalue weighted by molar-refractivity contribution is 7.48. The highest BCUT2D eigenvalue weighted by Gasteiger charge is 2.61. The fourth-order valence-electron chi connectivity index (χ4n) is 4.53. The maximum Gasteiger partial charge on any atom is 0.475 e. The molecule has 0 spiro atoms. The fraction of sp³-hybridized carbons (Fsp3) is 0.706. The molecule has 2 aromatic heterocycles. The number of methoxy groups -OCH3 is 1. The molecular weight excluding hydrogens is 443 g/mol. The third-order valence-corrected chi connectivity index (χ3v) is 7.56. The van der Waals surface area contributed by atoms with Crippen LogP contribution >= 0.6 is 7.82 Å². The Morgan fingerprint density at radius 2 is 2.19 bits per heavy atom. The molecule has 5 atom stereocenters. The molecule has 1 unspecified atom stereocenters. The van der Waals surface area contributed by atoms with Crippen molar-refractivity contribution in [3.63, 3.8) is 0 Å². The van der Waals surface area contributed by atoms with Crippen LogP contribution in [0.3, 0.4) is 0 Å². The minimum atomic E-state index is -3.86. The third-order valence-electron chi connectivity index (χ3n) is 6.05. The molecule has 14 nitrogen and oxygen atoms in total. The predicted molar refractivity (Wildman–Crippen MR) is 110 cm³/mol. The van der Waals surface area contributed by atoms with Crippen molar-refractivity contribution in [3.8, 4) is 5.88 Å². The van der Waals surface area contributed by atoms with Crippen molar-refractivity contribution in [2.75, 3.05) is 19.5 Å². The molecule has 2 aliphatic heterocycles. The predicted octanol–water partition coefficient (Wildman–Crippen LogP) is 2.87. The van der Waals surface area contributed by atoms with Crippen LogP contribution in [0.5, 0.6) is 5.88 Å². The van der Waals surface area contributed by atoms with Crippen LogP contribution < -0.4 is 10.5 Å². The van der Waals surface area contributed by atoms with Gasteiger partial charge in [-0.1, -0.05) is 18.0 Å². The van der Waals surface area contributed by atoms with Crippen molar-refractivity contribution < 1.29 is 27.6 Å². The lowest BCUT2D eigenvalue weighted by Crippen LogP contribution is -2.46. The van der Waals surface area contributed by atoms with E-state index in [1.807, 2.05) is 0 Å². The molecule has 15 heteroatoms. The molecule has 3 aliphatic rings. The Kier molecular flexibility index (Phi) is 5.24. The zero-order valence-electron chi connectivity index (χ0n) is 17.5. The number of nitrogen functional groups attached to an aromatic ring is 1. The molecule has 1 saturated carbocycles. The molecule has 2 saturated heterocycles. The topological polar surface area (TPSA) is 182 Å². The number of hydrogen-bond acceptors (Lipinski definition) is 11. The van der Waals surface area contributed by atoms with E-state index >= 15 is 0 Å². The van der Waals surface area contributed by atoms with Gasteiger partial charge in [0, 0.05) is 4.91 Å². The van der Waals surface area contributed by atoms with E-state index in [0.29, 0.717) is 11.2 Å². The molecule has 0 aromatic carbocycles. The zero-order chi connectivity index (χ0) is 22.5. The van der Waals surface area contributed by atoms with E-state index in [-0.39, 0.29) is 24.5 Å². The van der Waals surface area contributed by atoms with Crippen LogP contribution in [0.4, 0.5) is 5.95 Å². The quantitative estimate of drug-likeness (QED) is 0.298. The Bertz CT molecular complexity index is 1130. The Morgan fingerprint density at radius 1 is 1.41 bits per heavy atom. The van der Waals surface area contributed by atoms with Crippen LogP contribution in [0.2, 0.25) is 0 Å². The SMILES string of the molecule is COc1nc(N)nc2c1ncn2[C@@H]1O[C@@H]2COP(=O)(OC3CCCC3)O[C@H]2[C@@]1(C)N=[N+]=[N-]. The number of fused-ring (bicyclic) bond motifs is 2. The van der Waals surface area contributed by atoms with Crippen LogP contribution in [0, 0.1) is 0 Å². The second-order valence-electron chi connectivity index (χ2n) is 8.14. The first kappa shape index (κ1) is 21.4. The van der Waals surface area contributed by atoms with Gasteiger partial charge in [-0.25, -0.2) is 9.55 Å². The van der Waals surface area contributed by atoms with E-state index in [2.05, 4.69) is 25.0 Å². The minimum absolute atomic E-state index is 0.0222. The second kappa shape index (κ2) is 7.84. The van der Waals surface area contributed by atoms with Crippen LogP contribution in [-0.2, 0) is 22.9 Å². The number of ether oxygens (including phenoxy) is 2. The first-order chi connectivity index (χ1) is 15.4. The molecule has 5 rings (SSSR count). The van der Waals surface area contributed by atoms with E-state index in [0.717, 1.165) is 25.7 Å². The molecule has 4 heterocycles. The van der Waals surface area contributed by atoms with Crippen LogP contribution in [0.1, 0.15) is 38.8 Å². The minimum Gasteiger partial charge on any atom is -0.479 e. The first-order valence-corrected chi connectivity index (χ1v) is 11.7. The van der Waals surface area contributed by atoms with Gasteiger partial charge in [-0.15, -0.1) is 0 Å². The molecule has 0 radical (unpaired) electrons. The van der Waals surface area contributed by atoms with E-state index < -0.39 is 31.8 Å². The average Bonchev–Trinajstić information content (AvgIpc) is 3.47. The number of aromatic nitrogens is 4. The number of nitrogens with two attached hydrogens (primary N) is 1. The maximum atomic E-state index is 13.2. The van der Waals surface area contributed by atoms with Crippen molar-refractivity contribution >= 4 is 24.9 Å². The van der Waals surface area contributed by atoms with Crippen molar-refractivity contribution in [1.29, 1.82) is 0 Å². The van der Waals surface area contributed by atoms with Gasteiger partial charge in [0.15, 0.2) is 17.4 Å². The van der Waals surface area contributed by atoms with Crippen molar-refractivity contribution in [2.45, 2.75) is 62.7 Å². The number of imidazole rings is 1. The van der Waals surface area contributed by atoms with Gasteiger partial charge < -0.3 is 15.2 Å². The standard InChI is InChI=1S/C17H23N8O6P/c1-17(23-24-19)12-10(7-28-32(26,31-12)30-9-5-3-4-6-9)29-15(17)25-8-20-11-13(25)21-16(18)22-14(11)27-2/h8-10,12,15H,3-7H2,1-2H3,(H2,18,21,22)/t10-,12-,15-,17-,32?/m1/s1. The first-order valence-electron chi connectivity index (χ1n) is 10.2. The highest BCUT2D eigenvalue weighted by atomic mass is 31.2. The van der Waals surface area contributed by atoms with E-state index in [1.54, 1.807) is 11.5 Å². The van der Waals surface area contributed by atoms with E-state index in [9.17, 15) is 10.1 Å². The summed E-state index contributed by atoms with van der Waals surface area (Å²) in [5, 5.41) is 3.99. The molecule has 32 heavy (non-hydrogen) atoms. The van der Waals surface area contributed by atoms with Crippen molar-refractivity contribution in [3.05, 3.63) is 16.8 Å². The summed E-state index contributed by atoms with van der Waals surface area (Å²) < 4.78 is 43.2. The molecule has 1 aliphatic carbocycles. The number of phosphoric acid groups is 1. The molecule has 2 aromatic rings. The Morgan fingerprint density at radius 3 is 2.91 bits per heavy atom. The lowest BCUT2D eigenvalue weighted by atomic mass is 9.93. The summed E-state index contributed by atoms with van der Waals surface area (Å²) >= 11 is 0. The summed E-state index contributed by atoms with van der Waals surface area (Å²) in [5.74, 6) is 0.173. The summed E-state index contributed by atoms with van der Waals surface area (Å²) in [6.07, 6.45) is 2.41. The summed E-state index contributed by atoms with van der Waals surface area (Å²) in [6, 6.07) is 0. The Labute approximate surface area is 182 Å². The van der Waals surface area contributed by atoms with Crippen LogP contribution in [0.15, 0.2) is 11.4 Å². The Balaban J connectivity index is 1.52. The zero-order valence-corrected chi connectivity index (χ0v) is 18.4. The van der Waals surface area contributed by atoms with Crippen molar-refractivity contribution in [1.82, 2.24) is 19.5 Å². The molecule has 2 N–H and O–H groups in total. The summed E-state index contributed by atoms with van der Waals surface area (Å²) in [5.41, 5.74) is 14.5. The number of nitrogens with zero attached hydrogens (tertiary/aromatic N) is 7. The number of anilines is 1. The van der Waals surface area contributed by atoms with Gasteiger partial charge in [0.1, 0.15) is 17.7 Å². The summed E-state index contributed by atoms with van der Waals surface area (Å²) in [4.78, 5) is 15.6. The lowest BCUT2D eigenvalue weighted by molar-refractivity contribution is -0.0745. The van der Waals surface area contributed by atoms with Crippen molar-refractivity contribution in [2.24, 2.45) is 5.11 Å². The fourth-order valence-corrected chi connectivity index (χ4v) is 6.23. The van der Waals surface area contributed by atoms with Gasteiger partial charge in [-0.3, -0.25) is 18.1 Å². The van der Waals surface area contributed by atoms with Gasteiger partial charge in [0.2, 0.25) is 11.8 Å². The summed E-state index contributed by atoms with van der Waals surface area (Å²) in [6.45, 7) is 1.61. The summed E-state index contributed by atoms with van der Waals surface area (Å²) in [7, 11) is -2.42. The monoisotopic (exact) mass is 466 g/mol. The average molecular weight is 466 g/mol. The molecule has 172 valence electrons. The molecule has 0 bridgehead atoms. The number of hydrogen-bond donors (Lipinski definition) is 1. The number of azide groups is 1. The molecule has 0 amide bonds. The van der Waals surface area contributed by atoms with Gasteiger partial charge >= 0.3 is 7.82 Å². The third kappa shape index (κ3) is 3.40. The van der Waals surface area contributed by atoms with Crippen LogP contribution in [0.25, 0.3) is 21.6 Å². The normalized spacial score (nSPS) is 35.0. The van der Waals surface area contributed by atoms with Gasteiger partial charge in [-0.2, -0.15) is 9.97 Å². The largest absolute Gasteiger partial charge is 0.479 e. The molecule has 3 fully saturated rings. The second-order valence-corrected chi connectivity index (χ2v) is 9.71. The van der Waals surface area contributed by atoms with Crippen LogP contribution in [-0.4, -0.2) is 57.1 Å². The van der Waals surface area contributed by atoms with Gasteiger partial charge in [-0.05, 0) is 25.3 Å². The Hall–Kier alpha value is -2.47. The maximum absolute atomic E-state index is 13.2.